The van der Waals surface area contributed by atoms with Gasteiger partial charge in [0, 0.05) is 48.3 Å². The molecule has 6 heteroatoms. The summed E-state index contributed by atoms with van der Waals surface area (Å²) < 4.78 is 3.97. The predicted molar refractivity (Wildman–Crippen MR) is 220 cm³/mol. The number of benzene rings is 5. The quantitative estimate of drug-likeness (QED) is 0.157. The maximum atomic E-state index is 14.4. The van der Waals surface area contributed by atoms with E-state index in [0.29, 0.717) is 0 Å². The Morgan fingerprint density at radius 3 is 1.77 bits per heavy atom. The van der Waals surface area contributed by atoms with Gasteiger partial charge in [0.05, 0.1) is 38.3 Å². The molecular formula is C47H24N2O2S2. The second kappa shape index (κ2) is 8.92. The molecule has 14 rings (SSSR count). The lowest BCUT2D eigenvalue weighted by molar-refractivity contribution is 0.796. The van der Waals surface area contributed by atoms with E-state index in [1.54, 1.807) is 22.7 Å². The number of aromatic nitrogens is 2. The molecule has 0 fully saturated rings. The Bertz CT molecular complexity index is 3700. The molecule has 0 aliphatic heterocycles. The van der Waals surface area contributed by atoms with E-state index in [1.165, 1.54) is 49.5 Å². The zero-order valence-electron chi connectivity index (χ0n) is 28.0. The van der Waals surface area contributed by atoms with E-state index >= 15 is 0 Å². The highest BCUT2D eigenvalue weighted by molar-refractivity contribution is 7.09. The van der Waals surface area contributed by atoms with E-state index < -0.39 is 5.41 Å². The van der Waals surface area contributed by atoms with Crippen molar-refractivity contribution >= 4 is 93.9 Å². The summed E-state index contributed by atoms with van der Waals surface area (Å²) in [6, 6.07) is 33.7. The van der Waals surface area contributed by atoms with Crippen LogP contribution >= 0.6 is 22.7 Å². The van der Waals surface area contributed by atoms with Crippen molar-refractivity contribution in [3.05, 3.63) is 166 Å². The molecule has 0 atom stereocenters. The van der Waals surface area contributed by atoms with Crippen molar-refractivity contribution in [2.45, 2.75) is 18.3 Å². The van der Waals surface area contributed by atoms with E-state index in [9.17, 15) is 9.59 Å². The number of hydrogen-bond donors (Lipinski definition) is 0. The molecule has 0 N–H and O–H groups in total. The van der Waals surface area contributed by atoms with Crippen molar-refractivity contribution in [1.82, 2.24) is 8.80 Å². The van der Waals surface area contributed by atoms with Gasteiger partial charge in [-0.25, -0.2) is 0 Å². The molecule has 5 aromatic carbocycles. The van der Waals surface area contributed by atoms with Crippen molar-refractivity contribution < 1.29 is 0 Å². The molecule has 0 bridgehead atoms. The van der Waals surface area contributed by atoms with Gasteiger partial charge >= 0.3 is 0 Å². The van der Waals surface area contributed by atoms with E-state index in [0.717, 1.165) is 83.7 Å². The topological polar surface area (TPSA) is 43.0 Å². The number of hydrogen-bond acceptors (Lipinski definition) is 4. The standard InChI is InChI=1S/C47H24N2O2S2/c50-45-35-21-52-19-33(35)27-11-5-9-25-31-15-39-29(17-41(31)48(45)43(25)27)30-18-42-32(26-10-6-12-28-34-20-53-22-36(34)46(51)49(42)44(26)28)16-40(30)47(39)37-13-3-1-7-23(37)24-8-2-4-14-38(24)47/h1-5,7-9,11-22H,6,10H2. The lowest BCUT2D eigenvalue weighted by Crippen LogP contribution is -2.25. The van der Waals surface area contributed by atoms with Crippen LogP contribution in [-0.2, 0) is 11.8 Å². The summed E-state index contributed by atoms with van der Waals surface area (Å²) in [5.41, 5.74) is 14.5. The fourth-order valence-corrected chi connectivity index (χ4v) is 12.6. The van der Waals surface area contributed by atoms with Crippen molar-refractivity contribution in [3.8, 4) is 22.3 Å². The number of pyridine rings is 2. The minimum Gasteiger partial charge on any atom is -0.275 e. The van der Waals surface area contributed by atoms with Crippen LogP contribution in [0.3, 0.4) is 0 Å². The van der Waals surface area contributed by atoms with Gasteiger partial charge < -0.3 is 0 Å². The van der Waals surface area contributed by atoms with Crippen LogP contribution in [0.1, 0.15) is 34.2 Å². The molecule has 1 spiro atoms. The Balaban J connectivity index is 1.23. The van der Waals surface area contributed by atoms with Gasteiger partial charge in [-0.1, -0.05) is 72.8 Å². The highest BCUT2D eigenvalue weighted by Crippen LogP contribution is 2.64. The number of aryl methyl sites for hydroxylation is 1. The molecule has 0 saturated carbocycles. The number of thiophene rings is 2. The van der Waals surface area contributed by atoms with Crippen LogP contribution in [0.25, 0.3) is 93.5 Å². The number of nitrogens with zero attached hydrogens (tertiary/aromatic N) is 2. The van der Waals surface area contributed by atoms with E-state index in [1.807, 2.05) is 19.6 Å². The average molecular weight is 713 g/mol. The smallest absolute Gasteiger partial charge is 0.264 e. The molecular weight excluding hydrogens is 689 g/mol. The summed E-state index contributed by atoms with van der Waals surface area (Å²) in [7, 11) is 0. The summed E-state index contributed by atoms with van der Waals surface area (Å²) in [6.45, 7) is 0. The third-order valence-electron chi connectivity index (χ3n) is 13.0. The lowest BCUT2D eigenvalue weighted by Gasteiger charge is -2.30. The first kappa shape index (κ1) is 27.6. The van der Waals surface area contributed by atoms with Gasteiger partial charge in [-0.05, 0) is 97.9 Å². The van der Waals surface area contributed by atoms with Gasteiger partial charge in [-0.3, -0.25) is 18.4 Å². The lowest BCUT2D eigenvalue weighted by atomic mass is 9.70. The maximum Gasteiger partial charge on any atom is 0.264 e. The molecule has 6 heterocycles. The van der Waals surface area contributed by atoms with Gasteiger partial charge in [0.25, 0.3) is 11.1 Å². The Hall–Kier alpha value is -6.08. The van der Waals surface area contributed by atoms with Crippen molar-refractivity contribution in [2.24, 2.45) is 0 Å². The normalized spacial score (nSPS) is 15.1. The molecule has 53 heavy (non-hydrogen) atoms. The summed E-state index contributed by atoms with van der Waals surface area (Å²) in [4.78, 5) is 28.8. The van der Waals surface area contributed by atoms with Crippen LogP contribution in [0.2, 0.25) is 0 Å². The second-order valence-electron chi connectivity index (χ2n) is 15.0. The first-order valence-electron chi connectivity index (χ1n) is 18.1. The Morgan fingerprint density at radius 2 is 1.06 bits per heavy atom. The molecule has 246 valence electrons. The van der Waals surface area contributed by atoms with Crippen LogP contribution in [0.5, 0.6) is 0 Å². The van der Waals surface area contributed by atoms with Crippen LogP contribution in [-0.4, -0.2) is 8.80 Å². The number of para-hydroxylation sites is 1. The SMILES string of the molecule is O=c1c2cscc2c2c3c(c4cc5c(cc4n13)-c1cc3c(cc1C51c4ccccc4-c4ccccc41)c1cccc4c5cscc5c(=O)n3c41)CCC=2. The summed E-state index contributed by atoms with van der Waals surface area (Å²) in [6.07, 6.45) is 4.17. The first-order chi connectivity index (χ1) is 26.1. The zero-order chi connectivity index (χ0) is 34.5. The van der Waals surface area contributed by atoms with Gasteiger partial charge in [0.1, 0.15) is 0 Å². The first-order valence-corrected chi connectivity index (χ1v) is 20.0. The monoisotopic (exact) mass is 712 g/mol. The molecule has 0 saturated heterocycles. The molecule has 4 nitrogen and oxygen atoms in total. The number of rotatable bonds is 0. The van der Waals surface area contributed by atoms with Crippen molar-refractivity contribution in [2.75, 3.05) is 0 Å². The molecule has 11 aromatic rings. The van der Waals surface area contributed by atoms with Gasteiger partial charge in [0.2, 0.25) is 0 Å². The minimum atomic E-state index is -0.570. The molecule has 3 aliphatic carbocycles. The Labute approximate surface area is 308 Å². The summed E-state index contributed by atoms with van der Waals surface area (Å²) >= 11 is 3.19. The van der Waals surface area contributed by atoms with E-state index in [-0.39, 0.29) is 11.1 Å². The third-order valence-corrected chi connectivity index (χ3v) is 14.4. The van der Waals surface area contributed by atoms with E-state index in [2.05, 4.69) is 108 Å². The second-order valence-corrected chi connectivity index (χ2v) is 16.5. The molecule has 0 unspecified atom stereocenters. The molecule has 3 aliphatic rings. The minimum absolute atomic E-state index is 0.0278. The highest BCUT2D eigenvalue weighted by Gasteiger charge is 2.52. The van der Waals surface area contributed by atoms with Crippen molar-refractivity contribution in [3.63, 3.8) is 0 Å². The highest BCUT2D eigenvalue weighted by atomic mass is 32.1. The zero-order valence-corrected chi connectivity index (χ0v) is 29.6. The fraction of sp³-hybridized carbons (Fsp3) is 0.0638. The maximum absolute atomic E-state index is 14.4. The summed E-state index contributed by atoms with van der Waals surface area (Å²) in [5, 5.41) is 17.5. The predicted octanol–water partition coefficient (Wildman–Crippen LogP) is 10.0. The van der Waals surface area contributed by atoms with Gasteiger partial charge in [0.15, 0.2) is 0 Å². The van der Waals surface area contributed by atoms with E-state index in [4.69, 9.17) is 0 Å². The third kappa shape index (κ3) is 2.86. The van der Waals surface area contributed by atoms with Crippen LogP contribution in [0, 0.1) is 0 Å². The Morgan fingerprint density at radius 1 is 0.491 bits per heavy atom. The number of fused-ring (bicyclic) bond motifs is 20. The molecule has 0 amide bonds. The van der Waals surface area contributed by atoms with Crippen LogP contribution < -0.4 is 16.3 Å². The van der Waals surface area contributed by atoms with Gasteiger partial charge in [-0.15, -0.1) is 0 Å². The average Bonchev–Trinajstić information content (AvgIpc) is 4.05. The summed E-state index contributed by atoms with van der Waals surface area (Å²) in [5.74, 6) is 0. The van der Waals surface area contributed by atoms with Gasteiger partial charge in [-0.2, -0.15) is 22.7 Å². The Kier molecular flexibility index (Phi) is 4.64. The molecule has 0 radical (unpaired) electrons. The molecule has 6 aromatic heterocycles. The largest absolute Gasteiger partial charge is 0.275 e. The van der Waals surface area contributed by atoms with Crippen molar-refractivity contribution in [1.29, 1.82) is 0 Å². The van der Waals surface area contributed by atoms with Crippen LogP contribution in [0.4, 0.5) is 0 Å². The fourth-order valence-electron chi connectivity index (χ4n) is 11.0. The van der Waals surface area contributed by atoms with Crippen LogP contribution in [0.15, 0.2) is 122 Å².